The van der Waals surface area contributed by atoms with Gasteiger partial charge in [0.25, 0.3) is 5.91 Å². The van der Waals surface area contributed by atoms with E-state index < -0.39 is 0 Å². The van der Waals surface area contributed by atoms with Crippen LogP contribution < -0.4 is 10.2 Å². The van der Waals surface area contributed by atoms with Gasteiger partial charge in [0.2, 0.25) is 0 Å². The maximum atomic E-state index is 11.7. The minimum absolute atomic E-state index is 0.127. The average Bonchev–Trinajstić information content (AvgIpc) is 2.49. The minimum atomic E-state index is -0.371. The number of amides is 1. The lowest BCUT2D eigenvalue weighted by Crippen LogP contribution is -2.24. The lowest BCUT2D eigenvalue weighted by molar-refractivity contribution is -0.123. The van der Waals surface area contributed by atoms with Gasteiger partial charge in [0.05, 0.1) is 16.3 Å². The van der Waals surface area contributed by atoms with E-state index in [2.05, 4.69) is 10.5 Å². The Morgan fingerprint density at radius 1 is 1.22 bits per heavy atom. The first-order valence-corrected chi connectivity index (χ1v) is 7.69. The van der Waals surface area contributed by atoms with Crippen LogP contribution in [0, 0.1) is 13.8 Å². The third kappa shape index (κ3) is 4.98. The Kier molecular flexibility index (Phi) is 6.02. The topological polar surface area (TPSA) is 50.7 Å². The first-order valence-electron chi connectivity index (χ1n) is 6.93. The smallest absolute Gasteiger partial charge is 0.277 e. The highest BCUT2D eigenvalue weighted by atomic mass is 35.5. The molecule has 0 aliphatic rings. The molecule has 0 fully saturated rings. The second-order valence-electron chi connectivity index (χ2n) is 4.99. The number of ether oxygens (including phenoxy) is 1. The van der Waals surface area contributed by atoms with E-state index >= 15 is 0 Å². The molecule has 0 aliphatic carbocycles. The molecular weight excluding hydrogens is 335 g/mol. The molecule has 2 rings (SSSR count). The van der Waals surface area contributed by atoms with Crippen molar-refractivity contribution in [2.75, 3.05) is 6.61 Å². The molecule has 1 N–H and O–H groups in total. The maximum Gasteiger partial charge on any atom is 0.277 e. The number of carbonyl (C=O) groups excluding carboxylic acids is 1. The molecule has 0 aliphatic heterocycles. The second-order valence-corrected chi connectivity index (χ2v) is 5.80. The van der Waals surface area contributed by atoms with Crippen LogP contribution in [0.3, 0.4) is 0 Å². The summed E-state index contributed by atoms with van der Waals surface area (Å²) in [7, 11) is 0. The molecule has 0 saturated heterocycles. The average molecular weight is 351 g/mol. The van der Waals surface area contributed by atoms with Crippen molar-refractivity contribution in [2.24, 2.45) is 5.10 Å². The summed E-state index contributed by atoms with van der Waals surface area (Å²) in [5.74, 6) is 0.299. The molecule has 23 heavy (non-hydrogen) atoms. The highest BCUT2D eigenvalue weighted by Gasteiger charge is 2.05. The molecular formula is C17H16Cl2N2O2. The number of carbonyl (C=O) groups is 1. The number of halogens is 2. The number of rotatable bonds is 5. The zero-order valence-corrected chi connectivity index (χ0v) is 14.3. The van der Waals surface area contributed by atoms with Crippen LogP contribution in [0.1, 0.15) is 16.7 Å². The number of nitrogens with zero attached hydrogens (tertiary/aromatic N) is 1. The van der Waals surface area contributed by atoms with Crippen LogP contribution in [0.25, 0.3) is 0 Å². The lowest BCUT2D eigenvalue weighted by Gasteiger charge is -2.08. The highest BCUT2D eigenvalue weighted by molar-refractivity contribution is 6.38. The number of hydrogen-bond donors (Lipinski definition) is 1. The van der Waals surface area contributed by atoms with E-state index in [0.29, 0.717) is 21.4 Å². The summed E-state index contributed by atoms with van der Waals surface area (Å²) in [6, 6.07) is 10.9. The van der Waals surface area contributed by atoms with E-state index in [1.165, 1.54) is 6.21 Å². The van der Waals surface area contributed by atoms with Crippen molar-refractivity contribution >= 4 is 35.3 Å². The van der Waals surface area contributed by atoms with E-state index in [9.17, 15) is 4.79 Å². The van der Waals surface area contributed by atoms with Gasteiger partial charge in [0.1, 0.15) is 5.75 Å². The number of hydrogen-bond acceptors (Lipinski definition) is 3. The Bertz CT molecular complexity index is 725. The van der Waals surface area contributed by atoms with Crippen LogP contribution in [0.4, 0.5) is 0 Å². The third-order valence-electron chi connectivity index (χ3n) is 3.07. The van der Waals surface area contributed by atoms with Crippen LogP contribution >= 0.6 is 23.2 Å². The monoisotopic (exact) mass is 350 g/mol. The fourth-order valence-electron chi connectivity index (χ4n) is 1.94. The lowest BCUT2D eigenvalue weighted by atomic mass is 10.1. The first-order chi connectivity index (χ1) is 11.0. The van der Waals surface area contributed by atoms with Gasteiger partial charge in [0.15, 0.2) is 6.61 Å². The molecule has 0 bridgehead atoms. The maximum absolute atomic E-state index is 11.7. The summed E-state index contributed by atoms with van der Waals surface area (Å²) >= 11 is 12.0. The van der Waals surface area contributed by atoms with E-state index in [-0.39, 0.29) is 12.5 Å². The fourth-order valence-corrected chi connectivity index (χ4v) is 2.43. The molecule has 4 nitrogen and oxygen atoms in total. The molecule has 0 saturated carbocycles. The third-order valence-corrected chi connectivity index (χ3v) is 3.73. The van der Waals surface area contributed by atoms with E-state index in [1.807, 2.05) is 32.0 Å². The zero-order chi connectivity index (χ0) is 16.8. The van der Waals surface area contributed by atoms with Gasteiger partial charge < -0.3 is 4.74 Å². The Morgan fingerprint density at radius 2 is 1.91 bits per heavy atom. The summed E-state index contributed by atoms with van der Waals surface area (Å²) in [6.45, 7) is 3.80. The quantitative estimate of drug-likeness (QED) is 0.650. The van der Waals surface area contributed by atoms with Crippen molar-refractivity contribution < 1.29 is 9.53 Å². The SMILES string of the molecule is Cc1ccc(OCC(=O)N/N=C\c2c(Cl)cccc2Cl)c(C)c1. The van der Waals surface area contributed by atoms with Gasteiger partial charge in [-0.15, -0.1) is 0 Å². The van der Waals surface area contributed by atoms with Crippen LogP contribution in [-0.4, -0.2) is 18.7 Å². The molecule has 2 aromatic rings. The van der Waals surface area contributed by atoms with Crippen molar-refractivity contribution in [1.29, 1.82) is 0 Å². The van der Waals surface area contributed by atoms with Gasteiger partial charge in [0, 0.05) is 5.56 Å². The molecule has 6 heteroatoms. The summed E-state index contributed by atoms with van der Waals surface area (Å²) < 4.78 is 5.47. The highest BCUT2D eigenvalue weighted by Crippen LogP contribution is 2.22. The standard InChI is InChI=1S/C17H16Cl2N2O2/c1-11-6-7-16(12(2)8-11)23-10-17(22)21-20-9-13-14(18)4-3-5-15(13)19/h3-9H,10H2,1-2H3,(H,21,22)/b20-9-. The van der Waals surface area contributed by atoms with Gasteiger partial charge in [-0.05, 0) is 37.6 Å². The Morgan fingerprint density at radius 3 is 2.57 bits per heavy atom. The summed E-state index contributed by atoms with van der Waals surface area (Å²) in [6.07, 6.45) is 1.40. The number of hydrazone groups is 1. The Balaban J connectivity index is 1.89. The Labute approximate surface area is 145 Å². The molecule has 120 valence electrons. The van der Waals surface area contributed by atoms with Crippen LogP contribution in [0.15, 0.2) is 41.5 Å². The van der Waals surface area contributed by atoms with Gasteiger partial charge in [-0.25, -0.2) is 5.43 Å². The van der Waals surface area contributed by atoms with Gasteiger partial charge in [-0.1, -0.05) is 47.0 Å². The van der Waals surface area contributed by atoms with E-state index in [0.717, 1.165) is 11.1 Å². The Hall–Kier alpha value is -2.04. The van der Waals surface area contributed by atoms with Gasteiger partial charge in [-0.2, -0.15) is 5.10 Å². The minimum Gasteiger partial charge on any atom is -0.483 e. The van der Waals surface area contributed by atoms with E-state index in [1.54, 1.807) is 18.2 Å². The van der Waals surface area contributed by atoms with Crippen molar-refractivity contribution in [1.82, 2.24) is 5.43 Å². The predicted molar refractivity (Wildman–Crippen MR) is 93.6 cm³/mol. The molecule has 0 unspecified atom stereocenters. The molecule has 0 spiro atoms. The predicted octanol–water partition coefficient (Wildman–Crippen LogP) is 4.14. The molecule has 0 heterocycles. The van der Waals surface area contributed by atoms with Crippen LogP contribution in [0.5, 0.6) is 5.75 Å². The number of nitrogens with one attached hydrogen (secondary N) is 1. The van der Waals surface area contributed by atoms with Crippen molar-refractivity contribution in [3.8, 4) is 5.75 Å². The van der Waals surface area contributed by atoms with Crippen molar-refractivity contribution in [2.45, 2.75) is 13.8 Å². The summed E-state index contributed by atoms with van der Waals surface area (Å²) in [4.78, 5) is 11.7. The van der Waals surface area contributed by atoms with E-state index in [4.69, 9.17) is 27.9 Å². The molecule has 0 radical (unpaired) electrons. The first kappa shape index (κ1) is 17.3. The molecule has 0 atom stereocenters. The molecule has 0 aromatic heterocycles. The van der Waals surface area contributed by atoms with Crippen molar-refractivity contribution in [3.63, 3.8) is 0 Å². The van der Waals surface area contributed by atoms with Crippen LogP contribution in [-0.2, 0) is 4.79 Å². The largest absolute Gasteiger partial charge is 0.483 e. The number of benzene rings is 2. The zero-order valence-electron chi connectivity index (χ0n) is 12.8. The normalized spacial score (nSPS) is 10.8. The van der Waals surface area contributed by atoms with Gasteiger partial charge >= 0.3 is 0 Å². The van der Waals surface area contributed by atoms with Crippen molar-refractivity contribution in [3.05, 3.63) is 63.1 Å². The molecule has 2 aromatic carbocycles. The second kappa shape index (κ2) is 7.99. The van der Waals surface area contributed by atoms with Gasteiger partial charge in [-0.3, -0.25) is 4.79 Å². The molecule has 1 amide bonds. The summed E-state index contributed by atoms with van der Waals surface area (Å²) in [5, 5.41) is 4.76. The van der Waals surface area contributed by atoms with Crippen LogP contribution in [0.2, 0.25) is 10.0 Å². The summed E-state index contributed by atoms with van der Waals surface area (Å²) in [5.41, 5.74) is 5.04. The fraction of sp³-hybridized carbons (Fsp3) is 0.176. The number of aryl methyl sites for hydroxylation is 2.